The number of hydrogen-bond acceptors (Lipinski definition) is 3. The van der Waals surface area contributed by atoms with Crippen LogP contribution in [0.3, 0.4) is 0 Å². The quantitative estimate of drug-likeness (QED) is 0.628. The monoisotopic (exact) mass is 413 g/mol. The number of benzene rings is 1. The minimum absolute atomic E-state index is 0.0138. The summed E-state index contributed by atoms with van der Waals surface area (Å²) in [5.41, 5.74) is 4.30. The molecule has 6 heteroatoms. The molecular formula is C23H28ClN3O2. The molecule has 1 aromatic carbocycles. The lowest BCUT2D eigenvalue weighted by Crippen LogP contribution is -2.38. The Morgan fingerprint density at radius 2 is 1.83 bits per heavy atom. The van der Waals surface area contributed by atoms with Crippen molar-refractivity contribution in [2.24, 2.45) is 7.05 Å². The Morgan fingerprint density at radius 1 is 1.10 bits per heavy atom. The Morgan fingerprint density at radius 3 is 2.55 bits per heavy atom. The molecule has 2 aliphatic rings. The summed E-state index contributed by atoms with van der Waals surface area (Å²) in [5, 5.41) is 5.32. The number of hydrogen-bond donors (Lipinski definition) is 0. The van der Waals surface area contributed by atoms with E-state index in [9.17, 15) is 9.59 Å². The molecular weight excluding hydrogens is 386 g/mol. The zero-order valence-corrected chi connectivity index (χ0v) is 17.7. The van der Waals surface area contributed by atoms with E-state index >= 15 is 0 Å². The lowest BCUT2D eigenvalue weighted by Gasteiger charge is -2.29. The van der Waals surface area contributed by atoms with Crippen molar-refractivity contribution in [1.29, 1.82) is 0 Å². The van der Waals surface area contributed by atoms with Crippen LogP contribution in [0.2, 0.25) is 5.02 Å². The molecule has 2 aliphatic carbocycles. The summed E-state index contributed by atoms with van der Waals surface area (Å²) in [6.45, 7) is 0.571. The van der Waals surface area contributed by atoms with Crippen LogP contribution in [0, 0.1) is 0 Å². The highest BCUT2D eigenvalue weighted by molar-refractivity contribution is 6.30. The minimum atomic E-state index is -0.0138. The fourth-order valence-electron chi connectivity index (χ4n) is 4.77. The van der Waals surface area contributed by atoms with Crippen LogP contribution >= 0.6 is 11.6 Å². The smallest absolute Gasteiger partial charge is 0.223 e. The molecule has 0 spiro atoms. The molecule has 0 atom stereocenters. The van der Waals surface area contributed by atoms with E-state index in [1.807, 2.05) is 16.6 Å². The van der Waals surface area contributed by atoms with Crippen LogP contribution in [0.4, 0.5) is 0 Å². The first kappa shape index (κ1) is 20.1. The second-order valence-electron chi connectivity index (χ2n) is 8.24. The van der Waals surface area contributed by atoms with Crippen molar-refractivity contribution in [3.63, 3.8) is 0 Å². The summed E-state index contributed by atoms with van der Waals surface area (Å²) < 4.78 is 1.99. The van der Waals surface area contributed by atoms with Crippen LogP contribution in [0.1, 0.15) is 72.3 Å². The van der Waals surface area contributed by atoms with Crippen molar-refractivity contribution >= 4 is 23.3 Å². The number of ketones is 1. The summed E-state index contributed by atoms with van der Waals surface area (Å²) in [6.07, 6.45) is 8.19. The SMILES string of the molecule is Cn1nc(CN(C(=O)CCC(=O)c2ccc(Cl)cc2)C2CCCC2)c2c1CCC2. The molecule has 1 saturated carbocycles. The number of Topliss-reactive ketones (excluding diaryl/α,β-unsaturated/α-hetero) is 1. The van der Waals surface area contributed by atoms with Crippen LogP contribution in [-0.2, 0) is 31.2 Å². The third kappa shape index (κ3) is 4.40. The molecule has 1 aromatic heterocycles. The first-order chi connectivity index (χ1) is 14.0. The van der Waals surface area contributed by atoms with Gasteiger partial charge in [-0.2, -0.15) is 5.10 Å². The van der Waals surface area contributed by atoms with Crippen molar-refractivity contribution in [1.82, 2.24) is 14.7 Å². The highest BCUT2D eigenvalue weighted by Crippen LogP contribution is 2.29. The molecule has 0 radical (unpaired) electrons. The molecule has 0 saturated heterocycles. The molecule has 29 heavy (non-hydrogen) atoms. The summed E-state index contributed by atoms with van der Waals surface area (Å²) >= 11 is 5.90. The summed E-state index contributed by atoms with van der Waals surface area (Å²) in [5.74, 6) is 0.0525. The minimum Gasteiger partial charge on any atom is -0.334 e. The highest BCUT2D eigenvalue weighted by Gasteiger charge is 2.30. The van der Waals surface area contributed by atoms with Gasteiger partial charge in [0.1, 0.15) is 0 Å². The average molecular weight is 414 g/mol. The molecule has 1 fully saturated rings. The Hall–Kier alpha value is -2.14. The van der Waals surface area contributed by atoms with Crippen molar-refractivity contribution in [2.45, 2.75) is 70.4 Å². The summed E-state index contributed by atoms with van der Waals surface area (Å²) in [6, 6.07) is 7.14. The van der Waals surface area contributed by atoms with Gasteiger partial charge in [-0.1, -0.05) is 24.4 Å². The van der Waals surface area contributed by atoms with Crippen molar-refractivity contribution in [2.75, 3.05) is 0 Å². The van der Waals surface area contributed by atoms with Crippen LogP contribution in [0.5, 0.6) is 0 Å². The van der Waals surface area contributed by atoms with E-state index in [0.29, 0.717) is 17.1 Å². The number of fused-ring (bicyclic) bond motifs is 1. The van der Waals surface area contributed by atoms with Crippen LogP contribution < -0.4 is 0 Å². The van der Waals surface area contributed by atoms with E-state index in [2.05, 4.69) is 0 Å². The van der Waals surface area contributed by atoms with E-state index < -0.39 is 0 Å². The van der Waals surface area contributed by atoms with Gasteiger partial charge in [0.15, 0.2) is 5.78 Å². The van der Waals surface area contributed by atoms with Gasteiger partial charge in [0.25, 0.3) is 0 Å². The second-order valence-corrected chi connectivity index (χ2v) is 8.68. The van der Waals surface area contributed by atoms with Crippen molar-refractivity contribution in [3.8, 4) is 0 Å². The predicted molar refractivity (Wildman–Crippen MR) is 113 cm³/mol. The van der Waals surface area contributed by atoms with E-state index in [0.717, 1.165) is 31.4 Å². The zero-order valence-electron chi connectivity index (χ0n) is 17.0. The molecule has 154 valence electrons. The number of amides is 1. The number of halogens is 1. The van der Waals surface area contributed by atoms with Gasteiger partial charge in [-0.25, -0.2) is 0 Å². The fourth-order valence-corrected chi connectivity index (χ4v) is 4.89. The number of aryl methyl sites for hydroxylation is 1. The Kier molecular flexibility index (Phi) is 6.04. The van der Waals surface area contributed by atoms with Gasteiger partial charge in [0.2, 0.25) is 5.91 Å². The fraction of sp³-hybridized carbons (Fsp3) is 0.522. The number of nitrogens with zero attached hydrogens (tertiary/aromatic N) is 3. The number of aromatic nitrogens is 2. The van der Waals surface area contributed by atoms with Crippen LogP contribution in [0.15, 0.2) is 24.3 Å². The lowest BCUT2D eigenvalue weighted by molar-refractivity contribution is -0.134. The standard InChI is InChI=1S/C23H28ClN3O2/c1-26-21-8-4-7-19(21)20(25-26)15-27(18-5-2-3-6-18)23(29)14-13-22(28)16-9-11-17(24)12-10-16/h9-12,18H,2-8,13-15H2,1H3. The second kappa shape index (κ2) is 8.70. The first-order valence-corrected chi connectivity index (χ1v) is 11.0. The topological polar surface area (TPSA) is 55.2 Å². The van der Waals surface area contributed by atoms with Gasteiger partial charge in [0.05, 0.1) is 12.2 Å². The van der Waals surface area contributed by atoms with Gasteiger partial charge in [-0.15, -0.1) is 0 Å². The first-order valence-electron chi connectivity index (χ1n) is 10.6. The summed E-state index contributed by atoms with van der Waals surface area (Å²) in [7, 11) is 2.00. The summed E-state index contributed by atoms with van der Waals surface area (Å²) in [4.78, 5) is 27.6. The van der Waals surface area contributed by atoms with E-state index in [1.54, 1.807) is 24.3 Å². The third-order valence-corrected chi connectivity index (χ3v) is 6.59. The molecule has 0 aliphatic heterocycles. The van der Waals surface area contributed by atoms with E-state index in [4.69, 9.17) is 16.7 Å². The molecule has 5 nitrogen and oxygen atoms in total. The number of carbonyl (C=O) groups is 2. The Balaban J connectivity index is 1.45. The van der Waals surface area contributed by atoms with E-state index in [-0.39, 0.29) is 30.6 Å². The number of carbonyl (C=O) groups excluding carboxylic acids is 2. The zero-order chi connectivity index (χ0) is 20.4. The van der Waals surface area contributed by atoms with E-state index in [1.165, 1.54) is 30.5 Å². The Bertz CT molecular complexity index is 898. The highest BCUT2D eigenvalue weighted by atomic mass is 35.5. The van der Waals surface area contributed by atoms with Crippen molar-refractivity contribution in [3.05, 3.63) is 51.8 Å². The number of rotatable bonds is 7. The van der Waals surface area contributed by atoms with Crippen LogP contribution in [0.25, 0.3) is 0 Å². The Labute approximate surface area is 177 Å². The molecule has 1 amide bonds. The normalized spacial score (nSPS) is 16.2. The van der Waals surface area contributed by atoms with Crippen LogP contribution in [-0.4, -0.2) is 32.4 Å². The van der Waals surface area contributed by atoms with Crippen molar-refractivity contribution < 1.29 is 9.59 Å². The maximum Gasteiger partial charge on any atom is 0.223 e. The molecule has 0 N–H and O–H groups in total. The van der Waals surface area contributed by atoms with Gasteiger partial charge in [-0.3, -0.25) is 14.3 Å². The van der Waals surface area contributed by atoms with Gasteiger partial charge in [-0.05, 0) is 61.9 Å². The van der Waals surface area contributed by atoms with Gasteiger partial charge in [0, 0.05) is 42.2 Å². The molecule has 4 rings (SSSR count). The largest absolute Gasteiger partial charge is 0.334 e. The van der Waals surface area contributed by atoms with Gasteiger partial charge < -0.3 is 4.90 Å². The third-order valence-electron chi connectivity index (χ3n) is 6.34. The maximum atomic E-state index is 13.1. The molecule has 0 unspecified atom stereocenters. The predicted octanol–water partition coefficient (Wildman–Crippen LogP) is 4.50. The molecule has 0 bridgehead atoms. The molecule has 1 heterocycles. The average Bonchev–Trinajstić information content (AvgIpc) is 3.45. The maximum absolute atomic E-state index is 13.1. The lowest BCUT2D eigenvalue weighted by atomic mass is 10.1. The van der Waals surface area contributed by atoms with Gasteiger partial charge >= 0.3 is 0 Å². The molecule has 2 aromatic rings.